The van der Waals surface area contributed by atoms with Crippen LogP contribution in [-0.4, -0.2) is 43.8 Å². The molecule has 0 bridgehead atoms. The largest absolute Gasteiger partial charge is 0.490 e. The van der Waals surface area contributed by atoms with Gasteiger partial charge in [0.1, 0.15) is 6.61 Å². The molecule has 0 atom stereocenters. The molecule has 1 N–H and O–H groups in total. The summed E-state index contributed by atoms with van der Waals surface area (Å²) in [6, 6.07) is 7.06. The molecule has 6 heteroatoms. The highest BCUT2D eigenvalue weighted by Gasteiger charge is 2.19. The molecule has 0 aromatic heterocycles. The van der Waals surface area contributed by atoms with Crippen LogP contribution in [0.2, 0.25) is 0 Å². The van der Waals surface area contributed by atoms with E-state index in [-0.39, 0.29) is 6.03 Å². The van der Waals surface area contributed by atoms with Crippen LogP contribution in [-0.2, 0) is 0 Å². The third-order valence-corrected chi connectivity index (χ3v) is 2.94. The molecule has 2 amide bonds. The number of nitrogens with zero attached hydrogens (tertiary/aromatic N) is 2. The lowest BCUT2D eigenvalue weighted by Crippen LogP contribution is -2.31. The standard InChI is InChI=1S/C14H17N3O3/c1-2-19-13-9-11(10-15)3-4-12(13)20-8-7-17-6-5-16-14(17)18/h3-4,9H,2,5-8H2,1H3,(H,16,18). The first-order valence-electron chi connectivity index (χ1n) is 6.57. The molecule has 0 saturated carbocycles. The van der Waals surface area contributed by atoms with Crippen LogP contribution < -0.4 is 14.8 Å². The first kappa shape index (κ1) is 14.0. The van der Waals surface area contributed by atoms with Crippen LogP contribution in [0.15, 0.2) is 18.2 Å². The predicted molar refractivity (Wildman–Crippen MR) is 72.8 cm³/mol. The summed E-state index contributed by atoms with van der Waals surface area (Å²) >= 11 is 0. The minimum Gasteiger partial charge on any atom is -0.490 e. The molecule has 6 nitrogen and oxygen atoms in total. The lowest BCUT2D eigenvalue weighted by atomic mass is 10.2. The Labute approximate surface area is 117 Å². The van der Waals surface area contributed by atoms with Crippen molar-refractivity contribution >= 4 is 6.03 Å². The molecule has 1 aliphatic heterocycles. The van der Waals surface area contributed by atoms with Gasteiger partial charge in [-0.3, -0.25) is 0 Å². The molecular formula is C14H17N3O3. The minimum absolute atomic E-state index is 0.0570. The fraction of sp³-hybridized carbons (Fsp3) is 0.429. The van der Waals surface area contributed by atoms with Crippen molar-refractivity contribution in [2.24, 2.45) is 0 Å². The van der Waals surface area contributed by atoms with E-state index in [1.165, 1.54) is 0 Å². The van der Waals surface area contributed by atoms with Crippen molar-refractivity contribution in [2.45, 2.75) is 6.92 Å². The van der Waals surface area contributed by atoms with Gasteiger partial charge in [-0.2, -0.15) is 5.26 Å². The number of urea groups is 1. The van der Waals surface area contributed by atoms with Crippen LogP contribution in [0.3, 0.4) is 0 Å². The molecule has 1 aromatic rings. The van der Waals surface area contributed by atoms with E-state index >= 15 is 0 Å². The van der Waals surface area contributed by atoms with Crippen LogP contribution in [0.5, 0.6) is 11.5 Å². The molecule has 0 spiro atoms. The maximum atomic E-state index is 11.4. The summed E-state index contributed by atoms with van der Waals surface area (Å²) in [5.41, 5.74) is 0.528. The van der Waals surface area contributed by atoms with Gasteiger partial charge in [0.15, 0.2) is 11.5 Å². The molecule has 1 aliphatic rings. The Kier molecular flexibility index (Phi) is 4.66. The number of rotatable bonds is 6. The zero-order valence-electron chi connectivity index (χ0n) is 11.4. The van der Waals surface area contributed by atoms with Crippen molar-refractivity contribution in [2.75, 3.05) is 32.8 Å². The number of benzene rings is 1. The maximum absolute atomic E-state index is 11.4. The fourth-order valence-corrected chi connectivity index (χ4v) is 1.96. The lowest BCUT2D eigenvalue weighted by molar-refractivity contribution is 0.200. The summed E-state index contributed by atoms with van der Waals surface area (Å²) in [6.07, 6.45) is 0. The van der Waals surface area contributed by atoms with Gasteiger partial charge < -0.3 is 19.7 Å². The van der Waals surface area contributed by atoms with Gasteiger partial charge in [-0.15, -0.1) is 0 Å². The number of hydrogen-bond donors (Lipinski definition) is 1. The molecular weight excluding hydrogens is 258 g/mol. The second-order valence-electron chi connectivity index (χ2n) is 4.27. The van der Waals surface area contributed by atoms with Crippen LogP contribution in [0.1, 0.15) is 12.5 Å². The number of nitrogens with one attached hydrogen (secondary N) is 1. The number of hydrogen-bond acceptors (Lipinski definition) is 4. The molecule has 1 heterocycles. The van der Waals surface area contributed by atoms with Crippen molar-refractivity contribution in [1.29, 1.82) is 5.26 Å². The second-order valence-corrected chi connectivity index (χ2v) is 4.27. The Morgan fingerprint density at radius 3 is 2.90 bits per heavy atom. The van der Waals surface area contributed by atoms with Gasteiger partial charge in [-0.25, -0.2) is 4.79 Å². The molecule has 1 saturated heterocycles. The highest BCUT2D eigenvalue weighted by Crippen LogP contribution is 2.28. The average Bonchev–Trinajstić information content (AvgIpc) is 2.86. The van der Waals surface area contributed by atoms with E-state index in [4.69, 9.17) is 14.7 Å². The third-order valence-electron chi connectivity index (χ3n) is 2.94. The van der Waals surface area contributed by atoms with Gasteiger partial charge >= 0.3 is 6.03 Å². The predicted octanol–water partition coefficient (Wildman–Crippen LogP) is 1.36. The molecule has 1 aromatic carbocycles. The minimum atomic E-state index is -0.0570. The average molecular weight is 275 g/mol. The molecule has 0 aliphatic carbocycles. The highest BCUT2D eigenvalue weighted by atomic mass is 16.5. The van der Waals surface area contributed by atoms with Gasteiger partial charge in [0.25, 0.3) is 0 Å². The van der Waals surface area contributed by atoms with Crippen molar-refractivity contribution in [3.05, 3.63) is 23.8 Å². The quantitative estimate of drug-likeness (QED) is 0.850. The third kappa shape index (κ3) is 3.32. The first-order chi connectivity index (χ1) is 9.74. The van der Waals surface area contributed by atoms with E-state index in [9.17, 15) is 4.79 Å². The summed E-state index contributed by atoms with van der Waals surface area (Å²) in [5, 5.41) is 11.6. The maximum Gasteiger partial charge on any atom is 0.317 e. The Balaban J connectivity index is 1.94. The Hall–Kier alpha value is -2.42. The van der Waals surface area contributed by atoms with E-state index < -0.39 is 0 Å². The van der Waals surface area contributed by atoms with Crippen LogP contribution in [0.4, 0.5) is 4.79 Å². The van der Waals surface area contributed by atoms with Gasteiger partial charge in [0.2, 0.25) is 0 Å². The number of nitriles is 1. The Bertz CT molecular complexity index is 525. The Morgan fingerprint density at radius 1 is 1.40 bits per heavy atom. The van der Waals surface area contributed by atoms with Crippen LogP contribution in [0.25, 0.3) is 0 Å². The lowest BCUT2D eigenvalue weighted by Gasteiger charge is -2.16. The fourth-order valence-electron chi connectivity index (χ4n) is 1.96. The second kappa shape index (κ2) is 6.66. The summed E-state index contributed by atoms with van der Waals surface area (Å²) in [5.74, 6) is 1.14. The van der Waals surface area contributed by atoms with Crippen LogP contribution in [0, 0.1) is 11.3 Å². The van der Waals surface area contributed by atoms with E-state index in [0.717, 1.165) is 0 Å². The summed E-state index contributed by atoms with van der Waals surface area (Å²) < 4.78 is 11.1. The first-order valence-corrected chi connectivity index (χ1v) is 6.57. The van der Waals surface area contributed by atoms with Crippen molar-refractivity contribution in [3.8, 4) is 17.6 Å². The number of amides is 2. The van der Waals surface area contributed by atoms with Crippen molar-refractivity contribution in [3.63, 3.8) is 0 Å². The molecule has 0 unspecified atom stereocenters. The van der Waals surface area contributed by atoms with Gasteiger partial charge in [-0.1, -0.05) is 0 Å². The molecule has 0 radical (unpaired) electrons. The summed E-state index contributed by atoms with van der Waals surface area (Å²) in [7, 11) is 0. The topological polar surface area (TPSA) is 74.6 Å². The zero-order valence-corrected chi connectivity index (χ0v) is 11.4. The van der Waals surface area contributed by atoms with E-state index in [2.05, 4.69) is 11.4 Å². The van der Waals surface area contributed by atoms with Crippen molar-refractivity contribution in [1.82, 2.24) is 10.2 Å². The normalized spacial score (nSPS) is 13.8. The summed E-state index contributed by atoms with van der Waals surface area (Å²) in [6.45, 7) is 4.67. The van der Waals surface area contributed by atoms with Gasteiger partial charge in [0, 0.05) is 19.2 Å². The van der Waals surface area contributed by atoms with Gasteiger partial charge in [0.05, 0.1) is 24.8 Å². The Morgan fingerprint density at radius 2 is 2.25 bits per heavy atom. The number of carbonyl (C=O) groups is 1. The summed E-state index contributed by atoms with van der Waals surface area (Å²) in [4.78, 5) is 13.1. The highest BCUT2D eigenvalue weighted by molar-refractivity contribution is 5.76. The SMILES string of the molecule is CCOc1cc(C#N)ccc1OCCN1CCNC1=O. The van der Waals surface area contributed by atoms with Crippen molar-refractivity contribution < 1.29 is 14.3 Å². The van der Waals surface area contributed by atoms with E-state index in [1.807, 2.05) is 6.92 Å². The van der Waals surface area contributed by atoms with E-state index in [0.29, 0.717) is 49.9 Å². The van der Waals surface area contributed by atoms with Gasteiger partial charge in [-0.05, 0) is 19.1 Å². The van der Waals surface area contributed by atoms with Crippen LogP contribution >= 0.6 is 0 Å². The molecule has 2 rings (SSSR count). The molecule has 20 heavy (non-hydrogen) atoms. The molecule has 106 valence electrons. The number of ether oxygens (including phenoxy) is 2. The zero-order chi connectivity index (χ0) is 14.4. The molecule has 1 fully saturated rings. The van der Waals surface area contributed by atoms with E-state index in [1.54, 1.807) is 23.1 Å². The monoisotopic (exact) mass is 275 g/mol. The number of carbonyl (C=O) groups excluding carboxylic acids is 1. The smallest absolute Gasteiger partial charge is 0.317 e.